The third-order valence-electron chi connectivity index (χ3n) is 6.11. The number of phenolic OH excluding ortho intramolecular Hbond substituents is 2. The van der Waals surface area contributed by atoms with Gasteiger partial charge in [0.2, 0.25) is 0 Å². The van der Waals surface area contributed by atoms with Crippen molar-refractivity contribution in [3.63, 3.8) is 0 Å². The molecule has 1 amide bonds. The highest BCUT2D eigenvalue weighted by Crippen LogP contribution is 2.57. The lowest BCUT2D eigenvalue weighted by Crippen LogP contribution is -2.39. The number of hydrogen-bond donors (Lipinski definition) is 5. The number of phenols is 2. The Hall–Kier alpha value is -4.51. The number of ether oxygens (including phenoxy) is 3. The topological polar surface area (TPSA) is 138 Å². The third-order valence-corrected chi connectivity index (χ3v) is 6.36. The van der Waals surface area contributed by atoms with Gasteiger partial charge >= 0.3 is 12.1 Å². The molecule has 0 aliphatic carbocycles. The van der Waals surface area contributed by atoms with Crippen molar-refractivity contribution in [2.24, 2.45) is 0 Å². The van der Waals surface area contributed by atoms with Gasteiger partial charge in [-0.3, -0.25) is 0 Å². The van der Waals surface area contributed by atoms with Crippen molar-refractivity contribution in [1.82, 2.24) is 10.6 Å². The fourth-order valence-electron chi connectivity index (χ4n) is 4.61. The van der Waals surface area contributed by atoms with Crippen molar-refractivity contribution in [3.05, 3.63) is 76.9 Å². The molecule has 0 aromatic heterocycles. The van der Waals surface area contributed by atoms with Crippen LogP contribution in [0, 0.1) is 0 Å². The van der Waals surface area contributed by atoms with E-state index >= 15 is 0 Å². The molecule has 5 rings (SSSR count). The minimum atomic E-state index is -1.33. The molecule has 11 heteroatoms. The molecular formula is C28H27N3O7S. The Labute approximate surface area is 229 Å². The lowest BCUT2D eigenvalue weighted by molar-refractivity contribution is 0.0224. The zero-order chi connectivity index (χ0) is 27.9. The predicted molar refractivity (Wildman–Crippen MR) is 146 cm³/mol. The number of thiocarbonyl (C=S) groups is 1. The Morgan fingerprint density at radius 2 is 1.51 bits per heavy atom. The van der Waals surface area contributed by atoms with E-state index < -0.39 is 23.3 Å². The summed E-state index contributed by atoms with van der Waals surface area (Å²) in [5.74, 6) is 0.0366. The maximum Gasteiger partial charge on any atom is 0.407 e. The van der Waals surface area contributed by atoms with Gasteiger partial charge in [0, 0.05) is 47.6 Å². The van der Waals surface area contributed by atoms with E-state index in [0.29, 0.717) is 57.6 Å². The van der Waals surface area contributed by atoms with Crippen LogP contribution in [-0.2, 0) is 15.1 Å². The van der Waals surface area contributed by atoms with Crippen LogP contribution in [0.1, 0.15) is 47.8 Å². The van der Waals surface area contributed by atoms with Crippen LogP contribution >= 0.6 is 12.2 Å². The molecular weight excluding hydrogens is 522 g/mol. The summed E-state index contributed by atoms with van der Waals surface area (Å²) in [5, 5.41) is 29.1. The van der Waals surface area contributed by atoms with Crippen molar-refractivity contribution in [3.8, 4) is 23.0 Å². The fraction of sp³-hybridized carbons (Fsp3) is 0.250. The maximum absolute atomic E-state index is 13.2. The summed E-state index contributed by atoms with van der Waals surface area (Å²) in [6.45, 7) is 6.00. The number of nitrogens with one attached hydrogen (secondary N) is 3. The average molecular weight is 550 g/mol. The Balaban J connectivity index is 1.36. The Morgan fingerprint density at radius 1 is 0.923 bits per heavy atom. The number of carbonyl (C=O) groups is 2. The van der Waals surface area contributed by atoms with Crippen LogP contribution in [0.25, 0.3) is 0 Å². The average Bonchev–Trinajstić information content (AvgIpc) is 3.12. The zero-order valence-corrected chi connectivity index (χ0v) is 22.3. The van der Waals surface area contributed by atoms with Gasteiger partial charge < -0.3 is 40.4 Å². The Kier molecular flexibility index (Phi) is 6.47. The first-order valence-corrected chi connectivity index (χ1v) is 12.6. The largest absolute Gasteiger partial charge is 0.508 e. The van der Waals surface area contributed by atoms with Crippen LogP contribution < -0.4 is 20.7 Å². The van der Waals surface area contributed by atoms with Crippen molar-refractivity contribution >= 4 is 35.1 Å². The van der Waals surface area contributed by atoms with Crippen LogP contribution in [-0.4, -0.2) is 46.1 Å². The summed E-state index contributed by atoms with van der Waals surface area (Å²) in [6.07, 6.45) is -0.518. The predicted octanol–water partition coefficient (Wildman–Crippen LogP) is 4.48. The molecule has 2 aliphatic rings. The van der Waals surface area contributed by atoms with Gasteiger partial charge in [-0.15, -0.1) is 0 Å². The molecule has 2 aliphatic heterocycles. The number of esters is 1. The van der Waals surface area contributed by atoms with Gasteiger partial charge in [-0.05, 0) is 69.4 Å². The molecule has 0 atom stereocenters. The number of hydrogen-bond acceptors (Lipinski definition) is 8. The van der Waals surface area contributed by atoms with Gasteiger partial charge in [0.25, 0.3) is 0 Å². The van der Waals surface area contributed by atoms with Crippen LogP contribution in [0.2, 0.25) is 0 Å². The highest BCUT2D eigenvalue weighted by atomic mass is 32.1. The first-order valence-electron chi connectivity index (χ1n) is 12.2. The highest BCUT2D eigenvalue weighted by molar-refractivity contribution is 7.80. The van der Waals surface area contributed by atoms with Crippen molar-refractivity contribution in [2.75, 3.05) is 18.4 Å². The Morgan fingerprint density at radius 3 is 2.13 bits per heavy atom. The molecule has 10 nitrogen and oxygen atoms in total. The molecule has 0 fully saturated rings. The molecule has 0 radical (unpaired) electrons. The van der Waals surface area contributed by atoms with E-state index in [1.165, 1.54) is 24.3 Å². The summed E-state index contributed by atoms with van der Waals surface area (Å²) in [7, 11) is 0. The number of anilines is 1. The first kappa shape index (κ1) is 26.1. The molecule has 39 heavy (non-hydrogen) atoms. The monoisotopic (exact) mass is 549 g/mol. The third kappa shape index (κ3) is 5.00. The molecule has 5 N–H and O–H groups in total. The first-order chi connectivity index (χ1) is 18.5. The summed E-state index contributed by atoms with van der Waals surface area (Å²) in [4.78, 5) is 25.0. The van der Waals surface area contributed by atoms with Gasteiger partial charge in [-0.25, -0.2) is 9.59 Å². The van der Waals surface area contributed by atoms with Gasteiger partial charge in [0.15, 0.2) is 10.7 Å². The normalized spacial score (nSPS) is 14.3. The summed E-state index contributed by atoms with van der Waals surface area (Å²) < 4.78 is 17.2. The quantitative estimate of drug-likeness (QED) is 0.180. The lowest BCUT2D eigenvalue weighted by Gasteiger charge is -2.36. The van der Waals surface area contributed by atoms with Crippen molar-refractivity contribution in [2.45, 2.75) is 32.0 Å². The number of fused-ring (bicyclic) bond motifs is 6. The smallest absolute Gasteiger partial charge is 0.407 e. The van der Waals surface area contributed by atoms with Gasteiger partial charge in [0.1, 0.15) is 28.6 Å². The molecule has 2 heterocycles. The van der Waals surface area contributed by atoms with Crippen LogP contribution in [0.5, 0.6) is 23.0 Å². The van der Waals surface area contributed by atoms with Gasteiger partial charge in [-0.2, -0.15) is 0 Å². The van der Waals surface area contributed by atoms with Crippen LogP contribution in [0.15, 0.2) is 54.6 Å². The van der Waals surface area contributed by atoms with E-state index in [1.807, 2.05) is 0 Å². The minimum absolute atomic E-state index is 0.0149. The van der Waals surface area contributed by atoms with Crippen LogP contribution in [0.4, 0.5) is 10.5 Å². The van der Waals surface area contributed by atoms with Crippen molar-refractivity contribution in [1.29, 1.82) is 0 Å². The van der Waals surface area contributed by atoms with Crippen LogP contribution in [0.3, 0.4) is 0 Å². The maximum atomic E-state index is 13.2. The van der Waals surface area contributed by atoms with Gasteiger partial charge in [-0.1, -0.05) is 6.07 Å². The molecule has 3 aromatic rings. The molecule has 0 bridgehead atoms. The van der Waals surface area contributed by atoms with E-state index in [2.05, 4.69) is 16.0 Å². The van der Waals surface area contributed by atoms with E-state index in [-0.39, 0.29) is 11.5 Å². The fourth-order valence-corrected chi connectivity index (χ4v) is 4.83. The molecule has 202 valence electrons. The molecule has 3 aromatic carbocycles. The number of alkyl carbamates (subject to hydrolysis) is 1. The van der Waals surface area contributed by atoms with E-state index in [1.54, 1.807) is 51.1 Å². The number of aromatic hydroxyl groups is 2. The molecule has 0 saturated heterocycles. The van der Waals surface area contributed by atoms with Gasteiger partial charge in [0.05, 0.1) is 5.56 Å². The van der Waals surface area contributed by atoms with Crippen molar-refractivity contribution < 1.29 is 34.0 Å². The summed E-state index contributed by atoms with van der Waals surface area (Å²) >= 11 is 5.36. The highest BCUT2D eigenvalue weighted by Gasteiger charge is 2.53. The molecule has 0 unspecified atom stereocenters. The summed E-state index contributed by atoms with van der Waals surface area (Å²) in [5.41, 5.74) is 0.641. The van der Waals surface area contributed by atoms with E-state index in [0.717, 1.165) is 0 Å². The van der Waals surface area contributed by atoms with E-state index in [4.69, 9.17) is 26.4 Å². The number of amides is 1. The second-order valence-electron chi connectivity index (χ2n) is 10.1. The van der Waals surface area contributed by atoms with E-state index in [9.17, 15) is 19.8 Å². The zero-order valence-electron chi connectivity index (χ0n) is 21.5. The Bertz CT molecular complexity index is 1450. The number of carbonyl (C=O) groups excluding carboxylic acids is 2. The second kappa shape index (κ2) is 9.66. The molecule has 1 spiro atoms. The summed E-state index contributed by atoms with van der Waals surface area (Å²) in [6, 6.07) is 14.4. The second-order valence-corrected chi connectivity index (χ2v) is 10.5. The standard InChI is InChI=1S/C28H27N3O7S/c1-27(2,3)38-26(35)30-11-10-29-25(39)31-15-4-7-19-18(12-15)24(34)37-28(19)20-8-5-16(32)13-22(20)36-23-14-17(33)6-9-21(23)28/h4-9,12-14,32-33H,10-11H2,1-3H3,(H,30,35)(H2,29,31,39). The number of benzene rings is 3. The SMILES string of the molecule is CC(C)(C)OC(=O)NCCNC(=S)Nc1ccc2c(c1)C(=O)OC21c2ccc(O)cc2Oc2cc(O)ccc21. The molecule has 0 saturated carbocycles. The lowest BCUT2D eigenvalue weighted by atomic mass is 9.77. The minimum Gasteiger partial charge on any atom is -0.508 e. The number of rotatable bonds is 4.